The van der Waals surface area contributed by atoms with Crippen LogP contribution >= 0.6 is 0 Å². The number of hydrazine groups is 1. The van der Waals surface area contributed by atoms with Crippen LogP contribution in [0.2, 0.25) is 0 Å². The van der Waals surface area contributed by atoms with Crippen molar-refractivity contribution in [2.75, 3.05) is 12.0 Å². The van der Waals surface area contributed by atoms with Gasteiger partial charge in [0, 0.05) is 5.75 Å². The van der Waals surface area contributed by atoms with Crippen LogP contribution in [0.4, 0.5) is 23.7 Å². The van der Waals surface area contributed by atoms with Gasteiger partial charge in [-0.25, -0.2) is 10.2 Å². The molecule has 1 atom stereocenters. The van der Waals surface area contributed by atoms with E-state index in [2.05, 4.69) is 10.9 Å². The summed E-state index contributed by atoms with van der Waals surface area (Å²) in [5.41, 5.74) is 3.43. The number of ether oxygens (including phenoxy) is 1. The lowest BCUT2D eigenvalue weighted by atomic mass is 10.1. The Morgan fingerprint density at radius 2 is 2.09 bits per heavy atom. The number of anilines is 1. The van der Waals surface area contributed by atoms with Gasteiger partial charge in [0.25, 0.3) is 0 Å². The summed E-state index contributed by atoms with van der Waals surface area (Å²) in [6, 6.07) is 2.53. The summed E-state index contributed by atoms with van der Waals surface area (Å²) >= 11 is -2.58. The number of carbonyl (C=O) groups is 1. The number of nitrogens with one attached hydrogen (secondary N) is 2. The van der Waals surface area contributed by atoms with Gasteiger partial charge in [0.15, 0.2) is 0 Å². The van der Waals surface area contributed by atoms with E-state index in [9.17, 15) is 26.7 Å². The number of amides is 1. The largest absolute Gasteiger partial charge is 0.772 e. The van der Waals surface area contributed by atoms with Crippen molar-refractivity contribution < 1.29 is 31.5 Å². The SMILES string of the molecule is CCCCOC(=O)NNc1ccc(C(F)(F)F)cc1CS(=O)[O-]. The van der Waals surface area contributed by atoms with Gasteiger partial charge in [-0.3, -0.25) is 9.63 Å². The molecule has 1 amide bonds. The Morgan fingerprint density at radius 1 is 1.39 bits per heavy atom. The molecule has 0 saturated heterocycles. The van der Waals surface area contributed by atoms with E-state index in [1.54, 1.807) is 0 Å². The average Bonchev–Trinajstić information content (AvgIpc) is 2.44. The molecular weight excluding hydrogens is 337 g/mol. The summed E-state index contributed by atoms with van der Waals surface area (Å²) in [7, 11) is 0. The zero-order valence-electron chi connectivity index (χ0n) is 12.2. The Kier molecular flexibility index (Phi) is 7.30. The highest BCUT2D eigenvalue weighted by molar-refractivity contribution is 7.78. The summed E-state index contributed by atoms with van der Waals surface area (Å²) in [5.74, 6) is -0.626. The molecule has 0 radical (unpaired) electrons. The lowest BCUT2D eigenvalue weighted by Crippen LogP contribution is -2.31. The molecule has 0 spiro atoms. The number of rotatable bonds is 7. The molecule has 0 aliphatic rings. The van der Waals surface area contributed by atoms with Crippen LogP contribution < -0.4 is 10.9 Å². The number of alkyl halides is 3. The normalized spacial score (nSPS) is 12.6. The third kappa shape index (κ3) is 6.87. The molecule has 1 aromatic carbocycles. The van der Waals surface area contributed by atoms with Crippen LogP contribution in [0.1, 0.15) is 30.9 Å². The molecule has 1 unspecified atom stereocenters. The van der Waals surface area contributed by atoms with Gasteiger partial charge in [-0.1, -0.05) is 24.4 Å². The molecule has 0 saturated carbocycles. The molecule has 10 heteroatoms. The van der Waals surface area contributed by atoms with E-state index in [1.807, 2.05) is 6.92 Å². The molecule has 23 heavy (non-hydrogen) atoms. The first kappa shape index (κ1) is 19.2. The average molecular weight is 353 g/mol. The van der Waals surface area contributed by atoms with E-state index in [1.165, 1.54) is 0 Å². The molecule has 1 aromatic rings. The lowest BCUT2D eigenvalue weighted by Gasteiger charge is -2.16. The Bertz CT molecular complexity index is 567. The highest BCUT2D eigenvalue weighted by Crippen LogP contribution is 2.32. The number of hydrogen-bond donors (Lipinski definition) is 2. The van der Waals surface area contributed by atoms with Crippen LogP contribution in [0.5, 0.6) is 0 Å². The van der Waals surface area contributed by atoms with Gasteiger partial charge in [-0.15, -0.1) is 0 Å². The summed E-state index contributed by atoms with van der Waals surface area (Å²) in [5, 5.41) is 0. The van der Waals surface area contributed by atoms with Crippen molar-refractivity contribution in [3.63, 3.8) is 0 Å². The number of hydrogen-bond acceptors (Lipinski definition) is 5. The summed E-state index contributed by atoms with van der Waals surface area (Å²) in [6.07, 6.45) is -3.90. The van der Waals surface area contributed by atoms with E-state index < -0.39 is 34.7 Å². The van der Waals surface area contributed by atoms with Crippen molar-refractivity contribution in [3.8, 4) is 0 Å². The van der Waals surface area contributed by atoms with E-state index in [0.29, 0.717) is 12.5 Å². The molecule has 0 bridgehead atoms. The Hall–Kier alpha value is -1.81. The van der Waals surface area contributed by atoms with Gasteiger partial charge in [-0.05, 0) is 30.2 Å². The Balaban J connectivity index is 2.80. The van der Waals surface area contributed by atoms with Crippen molar-refractivity contribution in [2.24, 2.45) is 0 Å². The third-order valence-electron chi connectivity index (χ3n) is 2.74. The smallest absolute Gasteiger partial charge is 0.425 e. The molecule has 0 aliphatic carbocycles. The van der Waals surface area contributed by atoms with Crippen molar-refractivity contribution >= 4 is 22.9 Å². The molecular formula is C13H16F3N2O4S-. The number of benzene rings is 1. The molecule has 0 aliphatic heterocycles. The molecule has 2 N–H and O–H groups in total. The molecule has 0 fully saturated rings. The third-order valence-corrected chi connectivity index (χ3v) is 3.28. The minimum atomic E-state index is -4.59. The first-order valence-electron chi connectivity index (χ1n) is 6.68. The van der Waals surface area contributed by atoms with Gasteiger partial charge in [-0.2, -0.15) is 13.2 Å². The summed E-state index contributed by atoms with van der Waals surface area (Å²) < 4.78 is 64.3. The van der Waals surface area contributed by atoms with E-state index in [-0.39, 0.29) is 17.9 Å². The van der Waals surface area contributed by atoms with E-state index in [4.69, 9.17) is 4.74 Å². The highest BCUT2D eigenvalue weighted by atomic mass is 32.2. The maximum Gasteiger partial charge on any atom is 0.425 e. The number of halogens is 3. The van der Waals surface area contributed by atoms with Gasteiger partial charge < -0.3 is 9.29 Å². The maximum atomic E-state index is 12.7. The molecule has 6 nitrogen and oxygen atoms in total. The topological polar surface area (TPSA) is 90.5 Å². The Morgan fingerprint density at radius 3 is 2.65 bits per heavy atom. The predicted molar refractivity (Wildman–Crippen MR) is 77.1 cm³/mol. The summed E-state index contributed by atoms with van der Waals surface area (Å²) in [4.78, 5) is 11.4. The number of unbranched alkanes of at least 4 members (excludes halogenated alkanes) is 1. The molecule has 1 rings (SSSR count). The van der Waals surface area contributed by atoms with Crippen molar-refractivity contribution in [1.29, 1.82) is 0 Å². The van der Waals surface area contributed by atoms with Crippen molar-refractivity contribution in [1.82, 2.24) is 5.43 Å². The second kappa shape index (κ2) is 8.73. The summed E-state index contributed by atoms with van der Waals surface area (Å²) in [6.45, 7) is 2.12. The molecule has 0 heterocycles. The van der Waals surface area contributed by atoms with Crippen LogP contribution in [0.3, 0.4) is 0 Å². The standard InChI is InChI=1S/C13H17F3N2O4S/c1-2-3-6-22-12(19)18-17-11-5-4-10(13(14,15)16)7-9(11)8-23(20)21/h4-5,7,17H,2-3,6,8H2,1H3,(H,18,19)(H,20,21)/p-1. The van der Waals surface area contributed by atoms with Crippen LogP contribution in [0.15, 0.2) is 18.2 Å². The van der Waals surface area contributed by atoms with Gasteiger partial charge >= 0.3 is 12.3 Å². The first-order chi connectivity index (χ1) is 10.7. The van der Waals surface area contributed by atoms with Crippen LogP contribution in [-0.4, -0.2) is 21.5 Å². The molecule has 0 aromatic heterocycles. The van der Waals surface area contributed by atoms with E-state index >= 15 is 0 Å². The zero-order chi connectivity index (χ0) is 17.5. The van der Waals surface area contributed by atoms with Crippen LogP contribution in [-0.2, 0) is 27.7 Å². The van der Waals surface area contributed by atoms with Gasteiger partial charge in [0.05, 0.1) is 17.9 Å². The maximum absolute atomic E-state index is 12.7. The lowest BCUT2D eigenvalue weighted by molar-refractivity contribution is -0.137. The zero-order valence-corrected chi connectivity index (χ0v) is 13.1. The second-order valence-electron chi connectivity index (χ2n) is 4.56. The minimum absolute atomic E-state index is 0.0367. The van der Waals surface area contributed by atoms with Crippen LogP contribution in [0.25, 0.3) is 0 Å². The fourth-order valence-corrected chi connectivity index (χ4v) is 2.09. The van der Waals surface area contributed by atoms with Gasteiger partial charge in [0.2, 0.25) is 0 Å². The number of carbonyl (C=O) groups excluding carboxylic acids is 1. The quantitative estimate of drug-likeness (QED) is 0.447. The fourth-order valence-electron chi connectivity index (χ4n) is 1.60. The Labute approximate surface area is 133 Å². The second-order valence-corrected chi connectivity index (χ2v) is 5.45. The van der Waals surface area contributed by atoms with E-state index in [0.717, 1.165) is 18.6 Å². The first-order valence-corrected chi connectivity index (χ1v) is 7.93. The minimum Gasteiger partial charge on any atom is -0.772 e. The molecule has 130 valence electrons. The fraction of sp³-hybridized carbons (Fsp3) is 0.462. The predicted octanol–water partition coefficient (Wildman–Crippen LogP) is 2.94. The van der Waals surface area contributed by atoms with Crippen molar-refractivity contribution in [3.05, 3.63) is 29.3 Å². The highest BCUT2D eigenvalue weighted by Gasteiger charge is 2.31. The van der Waals surface area contributed by atoms with Gasteiger partial charge in [0.1, 0.15) is 0 Å². The van der Waals surface area contributed by atoms with Crippen LogP contribution in [0, 0.1) is 0 Å². The monoisotopic (exact) mass is 353 g/mol. The van der Waals surface area contributed by atoms with Crippen molar-refractivity contribution in [2.45, 2.75) is 31.7 Å².